The number of rotatable bonds is 4. The maximum absolute atomic E-state index is 12.1. The fourth-order valence-corrected chi connectivity index (χ4v) is 3.29. The Bertz CT molecular complexity index is 674. The van der Waals surface area contributed by atoms with Crippen LogP contribution in [0.15, 0.2) is 34.9 Å². The summed E-state index contributed by atoms with van der Waals surface area (Å²) < 4.78 is 0. The molecule has 0 spiro atoms. The van der Waals surface area contributed by atoms with Gasteiger partial charge in [0.2, 0.25) is 5.91 Å². The van der Waals surface area contributed by atoms with Crippen molar-refractivity contribution in [3.63, 3.8) is 0 Å². The van der Waals surface area contributed by atoms with Gasteiger partial charge in [-0.2, -0.15) is 5.26 Å². The number of carbonyl (C=O) groups excluding carboxylic acids is 2. The molecule has 1 saturated heterocycles. The summed E-state index contributed by atoms with van der Waals surface area (Å²) in [7, 11) is 0. The summed E-state index contributed by atoms with van der Waals surface area (Å²) in [5.41, 5.74) is 1.01. The van der Waals surface area contributed by atoms with Crippen LogP contribution < -0.4 is 5.32 Å². The second-order valence-corrected chi connectivity index (χ2v) is 6.91. The van der Waals surface area contributed by atoms with Crippen molar-refractivity contribution < 1.29 is 9.59 Å². The minimum atomic E-state index is -0.348. The van der Waals surface area contributed by atoms with Crippen LogP contribution in [-0.2, 0) is 16.0 Å². The molecule has 6 heteroatoms. The van der Waals surface area contributed by atoms with Crippen molar-refractivity contribution in [2.45, 2.75) is 25.5 Å². The third-order valence-corrected chi connectivity index (χ3v) is 4.69. The van der Waals surface area contributed by atoms with E-state index in [0.29, 0.717) is 16.5 Å². The molecule has 0 bridgehead atoms. The van der Waals surface area contributed by atoms with Gasteiger partial charge in [0.25, 0.3) is 0 Å². The van der Waals surface area contributed by atoms with Gasteiger partial charge in [-0.1, -0.05) is 49.3 Å². The largest absolute Gasteiger partial charge is 0.318 e. The number of carbonyl (C=O) groups is 2. The highest BCUT2D eigenvalue weighted by Crippen LogP contribution is 2.32. The number of Topliss-reactive ketones (excluding diaryl/α,β-unsaturated/α-hetero) is 1. The molecule has 0 aliphatic carbocycles. The van der Waals surface area contributed by atoms with Gasteiger partial charge in [-0.3, -0.25) is 9.59 Å². The van der Waals surface area contributed by atoms with Gasteiger partial charge in [-0.25, -0.2) is 0 Å². The first kappa shape index (κ1) is 16.6. The number of allylic oxidation sites excluding steroid dienone is 1. The molecule has 4 nitrogen and oxygen atoms in total. The number of thioether (sulfide) groups is 1. The van der Waals surface area contributed by atoms with Crippen LogP contribution in [0.25, 0.3) is 0 Å². The van der Waals surface area contributed by atoms with Crippen LogP contribution in [0.1, 0.15) is 19.4 Å². The number of ketones is 1. The van der Waals surface area contributed by atoms with Crippen molar-refractivity contribution in [3.8, 4) is 6.07 Å². The summed E-state index contributed by atoms with van der Waals surface area (Å²) in [6, 6.07) is 9.19. The molecular weight excluding hydrogens is 320 g/mol. The van der Waals surface area contributed by atoms with Crippen LogP contribution in [0.2, 0.25) is 5.02 Å². The van der Waals surface area contributed by atoms with Gasteiger partial charge >= 0.3 is 0 Å². The van der Waals surface area contributed by atoms with E-state index in [1.54, 1.807) is 26.0 Å². The smallest absolute Gasteiger partial charge is 0.238 e. The Morgan fingerprint density at radius 1 is 1.41 bits per heavy atom. The molecule has 0 radical (unpaired) electrons. The molecule has 22 heavy (non-hydrogen) atoms. The minimum absolute atomic E-state index is 0.0342. The zero-order valence-corrected chi connectivity index (χ0v) is 13.8. The molecule has 1 aliphatic heterocycles. The molecule has 1 aromatic rings. The van der Waals surface area contributed by atoms with Crippen molar-refractivity contribution in [1.82, 2.24) is 5.32 Å². The van der Waals surface area contributed by atoms with Gasteiger partial charge < -0.3 is 5.32 Å². The predicted molar refractivity (Wildman–Crippen MR) is 87.2 cm³/mol. The number of benzene rings is 1. The third kappa shape index (κ3) is 3.70. The molecule has 0 unspecified atom stereocenters. The Morgan fingerprint density at radius 2 is 2.05 bits per heavy atom. The molecule has 1 atom stereocenters. The lowest BCUT2D eigenvalue weighted by atomic mass is 10.0. The highest BCUT2D eigenvalue weighted by Gasteiger charge is 2.33. The number of nitrogens with one attached hydrogen (secondary N) is 1. The lowest BCUT2D eigenvalue weighted by Crippen LogP contribution is -2.24. The summed E-state index contributed by atoms with van der Waals surface area (Å²) in [6.07, 6.45) is 0.520. The molecule has 2 rings (SSSR count). The van der Waals surface area contributed by atoms with Crippen LogP contribution in [0, 0.1) is 17.2 Å². The van der Waals surface area contributed by atoms with E-state index in [1.807, 2.05) is 18.2 Å². The van der Waals surface area contributed by atoms with Crippen LogP contribution in [0.4, 0.5) is 0 Å². The van der Waals surface area contributed by atoms with E-state index in [0.717, 1.165) is 5.56 Å². The van der Waals surface area contributed by atoms with Gasteiger partial charge in [-0.05, 0) is 24.1 Å². The SMILES string of the molecule is CC(C)C(=O)/C(C#N)=C1/NC(=O)[C@H](Cc2ccc(Cl)cc2)S1. The van der Waals surface area contributed by atoms with Gasteiger partial charge in [0, 0.05) is 10.9 Å². The molecule has 1 heterocycles. The minimum Gasteiger partial charge on any atom is -0.318 e. The Kier molecular flexibility index (Phi) is 5.28. The van der Waals surface area contributed by atoms with Crippen molar-refractivity contribution in [1.29, 1.82) is 5.26 Å². The average molecular weight is 335 g/mol. The number of nitriles is 1. The number of halogens is 1. The van der Waals surface area contributed by atoms with E-state index in [1.165, 1.54) is 11.8 Å². The molecule has 0 aromatic heterocycles. The van der Waals surface area contributed by atoms with E-state index in [-0.39, 0.29) is 28.4 Å². The zero-order valence-electron chi connectivity index (χ0n) is 12.2. The average Bonchev–Trinajstić information content (AvgIpc) is 2.83. The fourth-order valence-electron chi connectivity index (χ4n) is 2.01. The van der Waals surface area contributed by atoms with Gasteiger partial charge in [0.1, 0.15) is 11.6 Å². The van der Waals surface area contributed by atoms with E-state index < -0.39 is 0 Å². The molecule has 0 saturated carbocycles. The molecule has 1 N–H and O–H groups in total. The predicted octanol–water partition coefficient (Wildman–Crippen LogP) is 3.07. The van der Waals surface area contributed by atoms with Crippen LogP contribution >= 0.6 is 23.4 Å². The molecule has 1 aromatic carbocycles. The summed E-state index contributed by atoms with van der Waals surface area (Å²) in [4.78, 5) is 24.1. The first-order valence-corrected chi connectivity index (χ1v) is 8.08. The number of hydrogen-bond acceptors (Lipinski definition) is 4. The lowest BCUT2D eigenvalue weighted by Gasteiger charge is -2.06. The van der Waals surface area contributed by atoms with E-state index in [9.17, 15) is 14.9 Å². The quantitative estimate of drug-likeness (QED) is 0.678. The monoisotopic (exact) mass is 334 g/mol. The number of hydrogen-bond donors (Lipinski definition) is 1. The molecule has 1 fully saturated rings. The fraction of sp³-hybridized carbons (Fsp3) is 0.312. The topological polar surface area (TPSA) is 70.0 Å². The van der Waals surface area contributed by atoms with Gasteiger partial charge in [-0.15, -0.1) is 0 Å². The van der Waals surface area contributed by atoms with Crippen molar-refractivity contribution >= 4 is 35.1 Å². The van der Waals surface area contributed by atoms with E-state index >= 15 is 0 Å². The van der Waals surface area contributed by atoms with Crippen LogP contribution in [-0.4, -0.2) is 16.9 Å². The van der Waals surface area contributed by atoms with Crippen molar-refractivity contribution in [3.05, 3.63) is 45.5 Å². The van der Waals surface area contributed by atoms with Crippen molar-refractivity contribution in [2.24, 2.45) is 5.92 Å². The summed E-state index contributed by atoms with van der Waals surface area (Å²) in [6.45, 7) is 3.46. The van der Waals surface area contributed by atoms with Gasteiger partial charge in [0.15, 0.2) is 5.78 Å². The first-order chi connectivity index (χ1) is 10.4. The Balaban J connectivity index is 2.18. The molecule has 114 valence electrons. The molecule has 1 aliphatic rings. The highest BCUT2D eigenvalue weighted by molar-refractivity contribution is 8.04. The second kappa shape index (κ2) is 6.99. The Hall–Kier alpha value is -1.77. The summed E-state index contributed by atoms with van der Waals surface area (Å²) in [5.74, 6) is -0.716. The van der Waals surface area contributed by atoms with Crippen LogP contribution in [0.3, 0.4) is 0 Å². The Labute approximate surface area is 138 Å². The van der Waals surface area contributed by atoms with E-state index in [4.69, 9.17) is 11.6 Å². The molecular formula is C16H15ClN2O2S. The summed E-state index contributed by atoms with van der Waals surface area (Å²) in [5, 5.41) is 12.5. The second-order valence-electron chi connectivity index (χ2n) is 5.26. The van der Waals surface area contributed by atoms with Crippen molar-refractivity contribution in [2.75, 3.05) is 0 Å². The van der Waals surface area contributed by atoms with E-state index in [2.05, 4.69) is 5.32 Å². The number of nitrogens with zero attached hydrogens (tertiary/aromatic N) is 1. The summed E-state index contributed by atoms with van der Waals surface area (Å²) >= 11 is 7.08. The number of amides is 1. The normalized spacial score (nSPS) is 19.8. The maximum atomic E-state index is 12.1. The van der Waals surface area contributed by atoms with Crippen LogP contribution in [0.5, 0.6) is 0 Å². The standard InChI is InChI=1S/C16H15ClN2O2S/c1-9(2)14(20)12(8-18)16-19-15(21)13(22-16)7-10-3-5-11(17)6-4-10/h3-6,9,13H,7H2,1-2H3,(H,19,21)/b16-12-/t13-/m0/s1. The highest BCUT2D eigenvalue weighted by atomic mass is 35.5. The zero-order chi connectivity index (χ0) is 16.3. The lowest BCUT2D eigenvalue weighted by molar-refractivity contribution is -0.119. The Morgan fingerprint density at radius 3 is 2.59 bits per heavy atom. The van der Waals surface area contributed by atoms with Gasteiger partial charge in [0.05, 0.1) is 10.3 Å². The first-order valence-electron chi connectivity index (χ1n) is 6.83. The third-order valence-electron chi connectivity index (χ3n) is 3.23. The molecule has 1 amide bonds. The maximum Gasteiger partial charge on any atom is 0.238 e.